The average molecular weight is 552 g/mol. The Balaban J connectivity index is 3.28. The lowest BCUT2D eigenvalue weighted by atomic mass is 10.1. The minimum Gasteiger partial charge on any atom is -0.549 e. The van der Waals surface area contributed by atoms with Crippen LogP contribution in [0, 0.1) is 6.92 Å². The third kappa shape index (κ3) is 13.2. The molecule has 39 heavy (non-hydrogen) atoms. The second kappa shape index (κ2) is 15.9. The first-order chi connectivity index (χ1) is 18.2. The van der Waals surface area contributed by atoms with Crippen molar-refractivity contribution in [2.45, 2.75) is 13.0 Å². The molecule has 0 bridgehead atoms. The van der Waals surface area contributed by atoms with Gasteiger partial charge in [-0.05, 0) is 19.1 Å². The Morgan fingerprint density at radius 2 is 1.23 bits per heavy atom. The Bertz CT molecular complexity index is 1030. The molecule has 16 nitrogen and oxygen atoms in total. The van der Waals surface area contributed by atoms with Crippen LogP contribution in [-0.2, 0) is 24.0 Å². The van der Waals surface area contributed by atoms with Crippen molar-refractivity contribution in [3.63, 3.8) is 0 Å². The number of carboxylic acid groups (broad SMARTS) is 6. The standard InChI is InChI=1S/C23H31N3O13/c1-14-2-3-17(16(6-14)23(37)38)39-13-15(26(11-21(33)34)12-22(35)36)7-24(8-18(27)28)4-5-25(9-19(29)30)10-20(31)32/h2-3,6,15H,4-5,7-13H2,1H3,(H,27,28)(H,29,30)(H,31,32)(H,33,34)(H,35,36)(H,37,38)/p-5. The van der Waals surface area contributed by atoms with Crippen LogP contribution in [0.2, 0.25) is 0 Å². The van der Waals surface area contributed by atoms with Crippen molar-refractivity contribution in [2.24, 2.45) is 0 Å². The zero-order valence-corrected chi connectivity index (χ0v) is 20.9. The fourth-order valence-electron chi connectivity index (χ4n) is 3.62. The fraction of sp³-hybridized carbons (Fsp3) is 0.478. The highest BCUT2D eigenvalue weighted by molar-refractivity contribution is 5.91. The average Bonchev–Trinajstić information content (AvgIpc) is 2.78. The topological polar surface area (TPSA) is 257 Å². The summed E-state index contributed by atoms with van der Waals surface area (Å²) in [4.78, 5) is 70.2. The summed E-state index contributed by atoms with van der Waals surface area (Å²) in [5.41, 5.74) is 0.344. The number of hydrogen-bond acceptors (Lipinski definition) is 15. The molecule has 1 atom stereocenters. The van der Waals surface area contributed by atoms with E-state index < -0.39 is 87.7 Å². The van der Waals surface area contributed by atoms with E-state index in [0.717, 1.165) is 14.7 Å². The van der Waals surface area contributed by atoms with Gasteiger partial charge in [0.25, 0.3) is 0 Å². The lowest BCUT2D eigenvalue weighted by Gasteiger charge is -2.37. The molecule has 0 aliphatic rings. The molecule has 0 aromatic heterocycles. The quantitative estimate of drug-likeness (QED) is 0.157. The van der Waals surface area contributed by atoms with Crippen molar-refractivity contribution in [1.29, 1.82) is 0 Å². The molecular weight excluding hydrogens is 526 g/mol. The van der Waals surface area contributed by atoms with E-state index in [9.17, 15) is 59.4 Å². The number of nitrogens with zero attached hydrogens (tertiary/aromatic N) is 3. The third-order valence-corrected chi connectivity index (χ3v) is 5.24. The largest absolute Gasteiger partial charge is 0.549 e. The minimum atomic E-state index is -1.69. The predicted octanol–water partition coefficient (Wildman–Crippen LogP) is -7.90. The van der Waals surface area contributed by atoms with E-state index in [1.807, 2.05) is 0 Å². The van der Waals surface area contributed by atoms with E-state index in [0.29, 0.717) is 5.56 Å². The Labute approximate surface area is 222 Å². The molecule has 0 aliphatic heterocycles. The molecule has 1 rings (SSSR count). The maximum Gasteiger partial charge on any atom is 0.339 e. The first kappa shape index (κ1) is 32.7. The van der Waals surface area contributed by atoms with Gasteiger partial charge in [-0.25, -0.2) is 4.79 Å². The van der Waals surface area contributed by atoms with Crippen molar-refractivity contribution in [1.82, 2.24) is 14.7 Å². The molecule has 0 saturated heterocycles. The molecule has 0 aliphatic carbocycles. The highest BCUT2D eigenvalue weighted by atomic mass is 16.5. The third-order valence-electron chi connectivity index (χ3n) is 5.24. The van der Waals surface area contributed by atoms with Crippen LogP contribution in [0.1, 0.15) is 15.9 Å². The lowest BCUT2D eigenvalue weighted by molar-refractivity contribution is -0.313. The first-order valence-electron chi connectivity index (χ1n) is 11.3. The highest BCUT2D eigenvalue weighted by Crippen LogP contribution is 2.21. The molecule has 0 saturated carbocycles. The minimum absolute atomic E-state index is 0.138. The van der Waals surface area contributed by atoms with E-state index in [-0.39, 0.29) is 24.4 Å². The van der Waals surface area contributed by atoms with Gasteiger partial charge in [0.05, 0.1) is 35.9 Å². The lowest BCUT2D eigenvalue weighted by Crippen LogP contribution is -2.56. The summed E-state index contributed by atoms with van der Waals surface area (Å²) >= 11 is 0. The normalized spacial score (nSPS) is 11.9. The van der Waals surface area contributed by atoms with E-state index in [1.54, 1.807) is 6.92 Å². The number of aryl methyl sites for hydroxylation is 1. The van der Waals surface area contributed by atoms with Gasteiger partial charge in [0, 0.05) is 52.4 Å². The summed E-state index contributed by atoms with van der Waals surface area (Å²) in [7, 11) is 0. The van der Waals surface area contributed by atoms with Crippen molar-refractivity contribution >= 4 is 35.8 Å². The van der Waals surface area contributed by atoms with Gasteiger partial charge in [0.1, 0.15) is 17.9 Å². The van der Waals surface area contributed by atoms with Gasteiger partial charge < -0.3 is 59.3 Å². The number of ether oxygens (including phenoxy) is 1. The monoisotopic (exact) mass is 552 g/mol. The van der Waals surface area contributed by atoms with E-state index in [2.05, 4.69) is 0 Å². The number of aromatic carboxylic acids is 1. The number of carbonyl (C=O) groups is 6. The molecule has 0 heterocycles. The maximum absolute atomic E-state index is 11.6. The summed E-state index contributed by atoms with van der Waals surface area (Å²) in [6.45, 7) is -4.34. The van der Waals surface area contributed by atoms with Crippen LogP contribution in [0.4, 0.5) is 0 Å². The molecular formula is C23H26N3O13-5. The first-order valence-corrected chi connectivity index (χ1v) is 11.3. The Morgan fingerprint density at radius 1 is 0.769 bits per heavy atom. The second-order valence-electron chi connectivity index (χ2n) is 8.48. The van der Waals surface area contributed by atoms with Crippen LogP contribution in [0.3, 0.4) is 0 Å². The number of rotatable bonds is 20. The molecule has 0 amide bonds. The summed E-state index contributed by atoms with van der Waals surface area (Å²) in [5.74, 6) is -9.71. The Hall–Kier alpha value is -4.28. The molecule has 216 valence electrons. The predicted molar refractivity (Wildman–Crippen MR) is 117 cm³/mol. The van der Waals surface area contributed by atoms with Gasteiger partial charge in [-0.15, -0.1) is 0 Å². The summed E-state index contributed by atoms with van der Waals surface area (Å²) in [5, 5.41) is 65.3. The van der Waals surface area contributed by atoms with Crippen LogP contribution in [0.25, 0.3) is 0 Å². The molecule has 0 radical (unpaired) electrons. The van der Waals surface area contributed by atoms with Gasteiger partial charge in [0.15, 0.2) is 0 Å². The van der Waals surface area contributed by atoms with Gasteiger partial charge >= 0.3 is 5.97 Å². The molecule has 1 unspecified atom stereocenters. The van der Waals surface area contributed by atoms with Gasteiger partial charge in [-0.1, -0.05) is 11.6 Å². The van der Waals surface area contributed by atoms with Gasteiger partial charge in [-0.2, -0.15) is 0 Å². The summed E-state index contributed by atoms with van der Waals surface area (Å²) in [6.07, 6.45) is 0. The maximum atomic E-state index is 11.6. The summed E-state index contributed by atoms with van der Waals surface area (Å²) in [6, 6.07) is 2.94. The Kier molecular flexibility index (Phi) is 13.3. The van der Waals surface area contributed by atoms with Gasteiger partial charge in [-0.3, -0.25) is 14.7 Å². The van der Waals surface area contributed by atoms with Crippen LogP contribution in [-0.4, -0.2) is 121 Å². The van der Waals surface area contributed by atoms with Crippen molar-refractivity contribution in [2.75, 3.05) is 59.0 Å². The van der Waals surface area contributed by atoms with Crippen molar-refractivity contribution in [3.05, 3.63) is 29.3 Å². The fourth-order valence-corrected chi connectivity index (χ4v) is 3.62. The van der Waals surface area contributed by atoms with Crippen molar-refractivity contribution in [3.8, 4) is 5.75 Å². The number of hydrogen-bond donors (Lipinski definition) is 1. The number of carboxylic acids is 6. The number of carbonyl (C=O) groups excluding carboxylic acids is 5. The number of aliphatic carboxylic acids is 5. The SMILES string of the molecule is Cc1ccc(OCC(CN(CCN(CC(=O)[O-])CC(=O)[O-])CC(=O)[O-])N(CC(=O)[O-])CC(=O)[O-])c(C(=O)O)c1. The van der Waals surface area contributed by atoms with Crippen LogP contribution < -0.4 is 30.3 Å². The van der Waals surface area contributed by atoms with E-state index in [4.69, 9.17) is 4.74 Å². The highest BCUT2D eigenvalue weighted by Gasteiger charge is 2.25. The zero-order valence-electron chi connectivity index (χ0n) is 20.9. The molecule has 1 aromatic carbocycles. The molecule has 1 aromatic rings. The Morgan fingerprint density at radius 3 is 1.69 bits per heavy atom. The van der Waals surface area contributed by atoms with Crippen LogP contribution in [0.5, 0.6) is 5.75 Å². The van der Waals surface area contributed by atoms with Crippen LogP contribution in [0.15, 0.2) is 18.2 Å². The smallest absolute Gasteiger partial charge is 0.339 e. The molecule has 1 N–H and O–H groups in total. The molecule has 0 fully saturated rings. The molecule has 16 heteroatoms. The van der Waals surface area contributed by atoms with Gasteiger partial charge in [0.2, 0.25) is 0 Å². The number of benzene rings is 1. The van der Waals surface area contributed by atoms with E-state index in [1.165, 1.54) is 18.2 Å². The van der Waals surface area contributed by atoms with Crippen LogP contribution >= 0.6 is 0 Å². The van der Waals surface area contributed by atoms with Crippen molar-refractivity contribution < 1.29 is 64.1 Å². The summed E-state index contributed by atoms with van der Waals surface area (Å²) < 4.78 is 5.58. The molecule has 0 spiro atoms. The zero-order chi connectivity index (χ0) is 29.7. The second-order valence-corrected chi connectivity index (χ2v) is 8.48. The van der Waals surface area contributed by atoms with E-state index >= 15 is 0 Å².